The van der Waals surface area contributed by atoms with Crippen LogP contribution >= 0.6 is 10.2 Å². The van der Waals surface area contributed by atoms with E-state index in [1.807, 2.05) is 0 Å². The van der Waals surface area contributed by atoms with Crippen LogP contribution in [0.1, 0.15) is 23.6 Å². The number of aromatic nitrogens is 3. The van der Waals surface area contributed by atoms with Crippen molar-refractivity contribution in [3.05, 3.63) is 41.5 Å². The summed E-state index contributed by atoms with van der Waals surface area (Å²) in [5.74, 6) is -1.32. The van der Waals surface area contributed by atoms with Crippen molar-refractivity contribution in [1.82, 2.24) is 25.2 Å². The van der Waals surface area contributed by atoms with Crippen LogP contribution in [0.2, 0.25) is 0 Å². The molecular weight excluding hydrogens is 452 g/mol. The number of benzene rings is 1. The number of hydrogen-bond donors (Lipinski definition) is 1. The van der Waals surface area contributed by atoms with Crippen molar-refractivity contribution in [2.45, 2.75) is 29.9 Å². The molecule has 1 unspecified atom stereocenters. The minimum Gasteiger partial charge on any atom is -0.370 e. The molecule has 2 saturated heterocycles. The van der Waals surface area contributed by atoms with Gasteiger partial charge >= 0.3 is 16.3 Å². The van der Waals surface area contributed by atoms with E-state index < -0.39 is 33.6 Å². The fourth-order valence-corrected chi connectivity index (χ4v) is 4.23. The van der Waals surface area contributed by atoms with Gasteiger partial charge in [0.25, 0.3) is 0 Å². The second-order valence-electron chi connectivity index (χ2n) is 7.67. The van der Waals surface area contributed by atoms with Gasteiger partial charge in [0.1, 0.15) is 10.7 Å². The Kier molecular flexibility index (Phi) is 4.74. The molecule has 14 heteroatoms. The fraction of sp³-hybridized carbons (Fsp3) is 0.471. The van der Waals surface area contributed by atoms with Gasteiger partial charge in [-0.1, -0.05) is 25.5 Å². The molecule has 4 rings (SSSR count). The third-order valence-corrected chi connectivity index (χ3v) is 6.52. The summed E-state index contributed by atoms with van der Waals surface area (Å²) in [6.45, 7) is 1.18. The van der Waals surface area contributed by atoms with Crippen molar-refractivity contribution in [1.29, 1.82) is 0 Å². The van der Waals surface area contributed by atoms with E-state index in [-0.39, 0.29) is 42.7 Å². The van der Waals surface area contributed by atoms with Crippen LogP contribution in [0.5, 0.6) is 0 Å². The van der Waals surface area contributed by atoms with E-state index in [0.29, 0.717) is 19.2 Å². The van der Waals surface area contributed by atoms with Crippen LogP contribution in [-0.2, 0) is 11.3 Å². The van der Waals surface area contributed by atoms with Gasteiger partial charge in [0.05, 0.1) is 37.7 Å². The number of aromatic amines is 1. The number of ether oxygens (including phenoxy) is 1. The first kappa shape index (κ1) is 21.7. The van der Waals surface area contributed by atoms with Crippen molar-refractivity contribution in [2.24, 2.45) is 0 Å². The average molecular weight is 471 g/mol. The van der Waals surface area contributed by atoms with E-state index in [4.69, 9.17) is 4.74 Å². The van der Waals surface area contributed by atoms with Gasteiger partial charge in [-0.3, -0.25) is 0 Å². The summed E-state index contributed by atoms with van der Waals surface area (Å²) in [6.07, 6.45) is 1.96. The van der Waals surface area contributed by atoms with E-state index in [2.05, 4.69) is 15.4 Å². The number of rotatable bonds is 5. The molecule has 0 spiro atoms. The number of nitrogens with one attached hydrogen (secondary N) is 1. The maximum absolute atomic E-state index is 13.9. The fourth-order valence-electron chi connectivity index (χ4n) is 3.58. The summed E-state index contributed by atoms with van der Waals surface area (Å²) < 4.78 is 83.0. The Morgan fingerprint density at radius 2 is 1.90 bits per heavy atom. The van der Waals surface area contributed by atoms with Gasteiger partial charge in [-0.15, -0.1) is 0 Å². The van der Waals surface area contributed by atoms with Gasteiger partial charge in [-0.05, 0) is 18.6 Å². The number of carbonyl (C=O) groups is 1. The highest BCUT2D eigenvalue weighted by atomic mass is 32.5. The molecule has 1 atom stereocenters. The molecule has 2 aliphatic rings. The number of nitrogens with zero attached hydrogens (tertiary/aromatic N) is 4. The van der Waals surface area contributed by atoms with Crippen LogP contribution in [0.15, 0.2) is 29.3 Å². The molecule has 0 aliphatic carbocycles. The predicted molar refractivity (Wildman–Crippen MR) is 98.7 cm³/mol. The van der Waals surface area contributed by atoms with Gasteiger partial charge in [0.15, 0.2) is 0 Å². The molecule has 1 aromatic heterocycles. The van der Waals surface area contributed by atoms with Crippen LogP contribution in [-0.4, -0.2) is 63.5 Å². The van der Waals surface area contributed by atoms with Crippen LogP contribution in [0, 0.1) is 5.82 Å². The molecule has 0 bridgehead atoms. The molecule has 2 fully saturated rings. The van der Waals surface area contributed by atoms with E-state index in [0.717, 1.165) is 12.1 Å². The van der Waals surface area contributed by atoms with Crippen molar-refractivity contribution < 1.29 is 33.4 Å². The Morgan fingerprint density at radius 1 is 1.16 bits per heavy atom. The minimum atomic E-state index is -9.93. The number of halogens is 6. The molecular formula is C17H19F6N5O2S. The third-order valence-electron chi connectivity index (χ3n) is 5.37. The summed E-state index contributed by atoms with van der Waals surface area (Å²) in [6, 6.07) is 0.407. The van der Waals surface area contributed by atoms with E-state index in [1.165, 1.54) is 0 Å². The zero-order chi connectivity index (χ0) is 22.5. The SMILES string of the molecule is O=C(N1CC(OCc2ccc(S(F)(F)(F)(F)F)cc2F)C1)N1CCC(c2cn[nH]n2)C1. The van der Waals surface area contributed by atoms with Crippen molar-refractivity contribution in [2.75, 3.05) is 26.2 Å². The monoisotopic (exact) mass is 471 g/mol. The lowest BCUT2D eigenvalue weighted by Gasteiger charge is -2.41. The molecule has 172 valence electrons. The maximum atomic E-state index is 13.9. The number of likely N-dealkylation sites (tertiary alicyclic amines) is 2. The highest BCUT2D eigenvalue weighted by Crippen LogP contribution is 3.02. The molecule has 3 heterocycles. The lowest BCUT2D eigenvalue weighted by molar-refractivity contribution is -0.0494. The summed E-state index contributed by atoms with van der Waals surface area (Å²) in [5, 5.41) is 10.3. The summed E-state index contributed by atoms with van der Waals surface area (Å²) in [7, 11) is -9.93. The van der Waals surface area contributed by atoms with Gasteiger partial charge in [-0.25, -0.2) is 9.18 Å². The van der Waals surface area contributed by atoms with E-state index in [9.17, 15) is 28.6 Å². The largest absolute Gasteiger partial charge is 0.370 e. The molecule has 2 aliphatic heterocycles. The molecule has 2 amide bonds. The van der Waals surface area contributed by atoms with Crippen LogP contribution in [0.4, 0.5) is 28.6 Å². The van der Waals surface area contributed by atoms with Crippen LogP contribution in [0.25, 0.3) is 0 Å². The molecule has 7 nitrogen and oxygen atoms in total. The smallest absolute Gasteiger partial charge is 0.320 e. The number of hydrogen-bond acceptors (Lipinski definition) is 4. The maximum Gasteiger partial charge on any atom is 0.320 e. The Bertz CT molecular complexity index is 982. The first-order chi connectivity index (χ1) is 14.3. The quantitative estimate of drug-likeness (QED) is 0.656. The predicted octanol–water partition coefficient (Wildman–Crippen LogP) is 4.41. The van der Waals surface area contributed by atoms with Gasteiger partial charge in [-0.2, -0.15) is 15.4 Å². The molecule has 0 radical (unpaired) electrons. The molecule has 0 saturated carbocycles. The second-order valence-corrected chi connectivity index (χ2v) is 10.1. The van der Waals surface area contributed by atoms with Crippen LogP contribution in [0.3, 0.4) is 0 Å². The highest BCUT2D eigenvalue weighted by molar-refractivity contribution is 8.45. The first-order valence-electron chi connectivity index (χ1n) is 9.34. The van der Waals surface area contributed by atoms with Crippen molar-refractivity contribution in [3.8, 4) is 0 Å². The molecule has 2 aromatic rings. The van der Waals surface area contributed by atoms with Gasteiger partial charge in [0, 0.05) is 24.6 Å². The summed E-state index contributed by atoms with van der Waals surface area (Å²) >= 11 is 0. The number of carbonyl (C=O) groups excluding carboxylic acids is 1. The molecule has 1 aromatic carbocycles. The minimum absolute atomic E-state index is 0.105. The van der Waals surface area contributed by atoms with Gasteiger partial charge < -0.3 is 14.5 Å². The number of H-pyrrole nitrogens is 1. The zero-order valence-electron chi connectivity index (χ0n) is 16.0. The number of urea groups is 1. The Balaban J connectivity index is 1.26. The normalized spacial score (nSPS) is 22.2. The highest BCUT2D eigenvalue weighted by Gasteiger charge is 2.65. The van der Waals surface area contributed by atoms with Crippen molar-refractivity contribution >= 4 is 16.3 Å². The Hall–Kier alpha value is -2.48. The summed E-state index contributed by atoms with van der Waals surface area (Å²) in [4.78, 5) is 13.5. The standard InChI is InChI=1S/C17H19F6N5O2S/c18-15-5-14(31(19,20,21,22)23)2-1-12(15)10-30-13-8-28(9-13)17(29)27-4-3-11(7-27)16-6-24-26-25-16/h1-2,5-6,11,13H,3-4,7-10H2,(H,24,25,26). The average Bonchev–Trinajstić information content (AvgIpc) is 3.30. The zero-order valence-corrected chi connectivity index (χ0v) is 16.8. The lowest BCUT2D eigenvalue weighted by Crippen LogP contribution is -2.58. The third kappa shape index (κ3) is 4.74. The summed E-state index contributed by atoms with van der Waals surface area (Å²) in [5.41, 5.74) is 0.517. The van der Waals surface area contributed by atoms with Crippen molar-refractivity contribution in [3.63, 3.8) is 0 Å². The molecule has 1 N–H and O–H groups in total. The Morgan fingerprint density at radius 3 is 2.52 bits per heavy atom. The lowest BCUT2D eigenvalue weighted by atomic mass is 10.1. The van der Waals surface area contributed by atoms with E-state index in [1.54, 1.807) is 16.0 Å². The van der Waals surface area contributed by atoms with Crippen LogP contribution < -0.4 is 0 Å². The van der Waals surface area contributed by atoms with E-state index >= 15 is 0 Å². The number of amides is 2. The molecule has 31 heavy (non-hydrogen) atoms. The Labute approximate surface area is 173 Å². The second kappa shape index (κ2) is 6.76. The first-order valence-corrected chi connectivity index (χ1v) is 11.3. The topological polar surface area (TPSA) is 74.3 Å². The van der Waals surface area contributed by atoms with Gasteiger partial charge in [0.2, 0.25) is 0 Å².